The third-order valence-corrected chi connectivity index (χ3v) is 3.55. The third kappa shape index (κ3) is 3.26. The number of nitrogens with two attached hydrogens (primary N) is 1. The molecule has 2 rings (SSSR count). The van der Waals surface area contributed by atoms with Crippen LogP contribution in [0, 0.1) is 5.92 Å². The summed E-state index contributed by atoms with van der Waals surface area (Å²) in [7, 11) is 0. The largest absolute Gasteiger partial charge is 0.339 e. The van der Waals surface area contributed by atoms with E-state index in [0.717, 1.165) is 37.8 Å². The maximum absolute atomic E-state index is 5.93. The van der Waals surface area contributed by atoms with Gasteiger partial charge in [0, 0.05) is 12.5 Å². The Labute approximate surface area is 102 Å². The highest BCUT2D eigenvalue weighted by atomic mass is 16.5. The Morgan fingerprint density at radius 3 is 2.71 bits per heavy atom. The lowest BCUT2D eigenvalue weighted by molar-refractivity contribution is 0.161. The van der Waals surface area contributed by atoms with Gasteiger partial charge in [-0.15, -0.1) is 0 Å². The summed E-state index contributed by atoms with van der Waals surface area (Å²) in [5, 5.41) is 3.98. The summed E-state index contributed by atoms with van der Waals surface area (Å²) in [4.78, 5) is 6.71. The summed E-state index contributed by atoms with van der Waals surface area (Å²) < 4.78 is 5.11. The normalized spacial score (nSPS) is 20.6. The molecule has 1 atom stereocenters. The van der Waals surface area contributed by atoms with Crippen LogP contribution in [0.4, 0.5) is 0 Å². The number of rotatable bonds is 4. The predicted molar refractivity (Wildman–Crippen MR) is 65.3 cm³/mol. The molecule has 0 aromatic carbocycles. The van der Waals surface area contributed by atoms with Crippen molar-refractivity contribution in [3.8, 4) is 0 Å². The fourth-order valence-corrected chi connectivity index (χ4v) is 2.33. The molecule has 1 fully saturated rings. The van der Waals surface area contributed by atoms with Gasteiger partial charge in [0.1, 0.15) is 0 Å². The van der Waals surface area contributed by atoms with Crippen molar-refractivity contribution in [1.82, 2.24) is 15.0 Å². The number of likely N-dealkylation sites (tertiary alicyclic amines) is 1. The van der Waals surface area contributed by atoms with Gasteiger partial charge in [-0.1, -0.05) is 12.1 Å². The Balaban J connectivity index is 1.81. The number of nitrogens with zero attached hydrogens (tertiary/aromatic N) is 3. The monoisotopic (exact) mass is 238 g/mol. The summed E-state index contributed by atoms with van der Waals surface area (Å²) in [6.45, 7) is 7.10. The molecule has 96 valence electrons. The Hall–Kier alpha value is -0.940. The van der Waals surface area contributed by atoms with Gasteiger partial charge in [0.05, 0.1) is 6.54 Å². The van der Waals surface area contributed by atoms with E-state index in [9.17, 15) is 0 Å². The first-order valence-electron chi connectivity index (χ1n) is 6.48. The number of aryl methyl sites for hydroxylation is 1. The van der Waals surface area contributed by atoms with Crippen LogP contribution in [-0.2, 0) is 13.0 Å². The molecule has 17 heavy (non-hydrogen) atoms. The first-order chi connectivity index (χ1) is 8.19. The predicted octanol–water partition coefficient (Wildman–Crippen LogP) is 1.19. The second-order valence-corrected chi connectivity index (χ2v) is 4.93. The molecule has 0 spiro atoms. The van der Waals surface area contributed by atoms with E-state index >= 15 is 0 Å². The van der Waals surface area contributed by atoms with Crippen molar-refractivity contribution in [2.45, 2.75) is 45.7 Å². The van der Waals surface area contributed by atoms with E-state index in [1.807, 2.05) is 6.92 Å². The van der Waals surface area contributed by atoms with E-state index in [0.29, 0.717) is 12.0 Å². The molecular weight excluding hydrogens is 216 g/mol. The van der Waals surface area contributed by atoms with E-state index in [4.69, 9.17) is 10.3 Å². The molecule has 0 amide bonds. The van der Waals surface area contributed by atoms with Gasteiger partial charge in [-0.3, -0.25) is 4.90 Å². The molecule has 0 aliphatic carbocycles. The van der Waals surface area contributed by atoms with Crippen molar-refractivity contribution in [2.24, 2.45) is 11.7 Å². The van der Waals surface area contributed by atoms with Crippen molar-refractivity contribution >= 4 is 0 Å². The molecule has 1 unspecified atom stereocenters. The Kier molecular flexibility index (Phi) is 4.12. The third-order valence-electron chi connectivity index (χ3n) is 3.55. The smallest absolute Gasteiger partial charge is 0.226 e. The zero-order valence-corrected chi connectivity index (χ0v) is 10.7. The highest BCUT2D eigenvalue weighted by Crippen LogP contribution is 2.20. The molecule has 1 saturated heterocycles. The molecule has 1 aromatic rings. The number of hydrogen-bond acceptors (Lipinski definition) is 5. The lowest BCUT2D eigenvalue weighted by Gasteiger charge is -2.32. The van der Waals surface area contributed by atoms with Crippen molar-refractivity contribution in [3.63, 3.8) is 0 Å². The molecule has 0 saturated carbocycles. The highest BCUT2D eigenvalue weighted by Gasteiger charge is 2.22. The van der Waals surface area contributed by atoms with E-state index in [-0.39, 0.29) is 0 Å². The molecule has 0 radical (unpaired) electrons. The molecule has 2 heterocycles. The SMILES string of the molecule is CCc1nc(CN2CCC(C(C)N)CC2)no1. The van der Waals surface area contributed by atoms with Gasteiger partial charge < -0.3 is 10.3 Å². The molecule has 1 aliphatic heterocycles. The average molecular weight is 238 g/mol. The maximum Gasteiger partial charge on any atom is 0.226 e. The molecule has 5 heteroatoms. The average Bonchev–Trinajstić information content (AvgIpc) is 2.77. The van der Waals surface area contributed by atoms with Gasteiger partial charge in [-0.2, -0.15) is 4.98 Å². The van der Waals surface area contributed by atoms with Crippen LogP contribution in [0.25, 0.3) is 0 Å². The summed E-state index contributed by atoms with van der Waals surface area (Å²) >= 11 is 0. The fourth-order valence-electron chi connectivity index (χ4n) is 2.33. The maximum atomic E-state index is 5.93. The summed E-state index contributed by atoms with van der Waals surface area (Å²) in [6.07, 6.45) is 3.16. The van der Waals surface area contributed by atoms with Crippen LogP contribution in [0.2, 0.25) is 0 Å². The number of aromatic nitrogens is 2. The Morgan fingerprint density at radius 2 is 2.18 bits per heavy atom. The minimum Gasteiger partial charge on any atom is -0.339 e. The van der Waals surface area contributed by atoms with Crippen LogP contribution in [0.1, 0.15) is 38.4 Å². The van der Waals surface area contributed by atoms with Gasteiger partial charge in [-0.25, -0.2) is 0 Å². The highest BCUT2D eigenvalue weighted by molar-refractivity contribution is 4.87. The molecule has 0 bridgehead atoms. The summed E-state index contributed by atoms with van der Waals surface area (Å²) in [5.41, 5.74) is 5.93. The Morgan fingerprint density at radius 1 is 1.47 bits per heavy atom. The molecule has 2 N–H and O–H groups in total. The topological polar surface area (TPSA) is 68.2 Å². The second kappa shape index (κ2) is 5.60. The van der Waals surface area contributed by atoms with Crippen LogP contribution in [-0.4, -0.2) is 34.2 Å². The lowest BCUT2D eigenvalue weighted by Crippen LogP contribution is -2.39. The number of hydrogen-bond donors (Lipinski definition) is 1. The van der Waals surface area contributed by atoms with Crippen molar-refractivity contribution in [3.05, 3.63) is 11.7 Å². The van der Waals surface area contributed by atoms with Crippen molar-refractivity contribution in [1.29, 1.82) is 0 Å². The minimum absolute atomic E-state index is 0.314. The number of piperidine rings is 1. The van der Waals surface area contributed by atoms with E-state index in [1.54, 1.807) is 0 Å². The first kappa shape index (κ1) is 12.5. The van der Waals surface area contributed by atoms with Crippen LogP contribution in [0.15, 0.2) is 4.52 Å². The van der Waals surface area contributed by atoms with E-state index in [1.165, 1.54) is 12.8 Å². The van der Waals surface area contributed by atoms with Crippen molar-refractivity contribution < 1.29 is 4.52 Å². The van der Waals surface area contributed by atoms with E-state index < -0.39 is 0 Å². The lowest BCUT2D eigenvalue weighted by atomic mass is 9.91. The van der Waals surface area contributed by atoms with Gasteiger partial charge in [0.2, 0.25) is 5.89 Å². The fraction of sp³-hybridized carbons (Fsp3) is 0.833. The molecule has 5 nitrogen and oxygen atoms in total. The quantitative estimate of drug-likeness (QED) is 0.853. The zero-order valence-electron chi connectivity index (χ0n) is 10.7. The summed E-state index contributed by atoms with van der Waals surface area (Å²) in [6, 6.07) is 0.314. The zero-order chi connectivity index (χ0) is 12.3. The molecular formula is C12H22N4O. The van der Waals surface area contributed by atoms with Crippen LogP contribution < -0.4 is 5.73 Å². The first-order valence-corrected chi connectivity index (χ1v) is 6.48. The van der Waals surface area contributed by atoms with Gasteiger partial charge in [-0.05, 0) is 38.8 Å². The Bertz CT molecular complexity index is 342. The standard InChI is InChI=1S/C12H22N4O/c1-3-12-14-11(15-17-12)8-16-6-4-10(5-7-16)9(2)13/h9-10H,3-8,13H2,1-2H3. The second-order valence-electron chi connectivity index (χ2n) is 4.93. The van der Waals surface area contributed by atoms with Gasteiger partial charge in [0.25, 0.3) is 0 Å². The summed E-state index contributed by atoms with van der Waals surface area (Å²) in [5.74, 6) is 2.20. The van der Waals surface area contributed by atoms with E-state index in [2.05, 4.69) is 22.0 Å². The molecule has 1 aromatic heterocycles. The van der Waals surface area contributed by atoms with Gasteiger partial charge >= 0.3 is 0 Å². The van der Waals surface area contributed by atoms with Crippen LogP contribution >= 0.6 is 0 Å². The van der Waals surface area contributed by atoms with Crippen LogP contribution in [0.3, 0.4) is 0 Å². The molecule has 1 aliphatic rings. The van der Waals surface area contributed by atoms with Gasteiger partial charge in [0.15, 0.2) is 5.82 Å². The van der Waals surface area contributed by atoms with Crippen LogP contribution in [0.5, 0.6) is 0 Å². The van der Waals surface area contributed by atoms with Crippen molar-refractivity contribution in [2.75, 3.05) is 13.1 Å². The minimum atomic E-state index is 0.314.